The zero-order valence-electron chi connectivity index (χ0n) is 13.8. The molecule has 2 rings (SSSR count). The monoisotopic (exact) mass is 303 g/mol. The number of rotatable bonds is 7. The number of benzene rings is 1. The van der Waals surface area contributed by atoms with E-state index in [-0.39, 0.29) is 11.9 Å². The van der Waals surface area contributed by atoms with Gasteiger partial charge in [0.05, 0.1) is 6.04 Å². The fraction of sp³-hybridized carbons (Fsp3) is 0.611. The molecule has 22 heavy (non-hydrogen) atoms. The maximum absolute atomic E-state index is 12.5. The highest BCUT2D eigenvalue weighted by Gasteiger charge is 2.24. The average Bonchev–Trinajstić information content (AvgIpc) is 2.55. The second-order valence-corrected chi connectivity index (χ2v) is 6.22. The molecule has 1 aromatic carbocycles. The number of anilines is 1. The van der Waals surface area contributed by atoms with Crippen molar-refractivity contribution in [3.8, 4) is 0 Å². The minimum Gasteiger partial charge on any atom is -0.325 e. The van der Waals surface area contributed by atoms with Gasteiger partial charge in [-0.3, -0.25) is 9.69 Å². The van der Waals surface area contributed by atoms with Crippen molar-refractivity contribution in [2.75, 3.05) is 31.5 Å². The van der Waals surface area contributed by atoms with Gasteiger partial charge in [-0.1, -0.05) is 25.1 Å². The van der Waals surface area contributed by atoms with Crippen LogP contribution in [0.1, 0.15) is 33.1 Å². The molecule has 0 spiro atoms. The molecule has 0 radical (unpaired) electrons. The highest BCUT2D eigenvalue weighted by Crippen LogP contribution is 2.16. The Balaban J connectivity index is 1.92. The van der Waals surface area contributed by atoms with Crippen molar-refractivity contribution in [3.63, 3.8) is 0 Å². The number of para-hydroxylation sites is 1. The van der Waals surface area contributed by atoms with E-state index in [0.717, 1.165) is 38.3 Å². The number of carbonyl (C=O) groups excluding carboxylic acids is 1. The second-order valence-electron chi connectivity index (χ2n) is 6.22. The molecule has 4 heteroatoms. The van der Waals surface area contributed by atoms with Gasteiger partial charge in [0, 0.05) is 12.2 Å². The first-order valence-electron chi connectivity index (χ1n) is 8.51. The van der Waals surface area contributed by atoms with Crippen molar-refractivity contribution in [1.82, 2.24) is 10.2 Å². The van der Waals surface area contributed by atoms with Crippen molar-refractivity contribution >= 4 is 11.6 Å². The normalized spacial score (nSPS) is 17.4. The number of carbonyl (C=O) groups is 1. The Morgan fingerprint density at radius 3 is 2.64 bits per heavy atom. The van der Waals surface area contributed by atoms with E-state index in [9.17, 15) is 4.79 Å². The number of hydrogen-bond donors (Lipinski definition) is 2. The van der Waals surface area contributed by atoms with Crippen molar-refractivity contribution in [3.05, 3.63) is 30.3 Å². The number of hydrogen-bond acceptors (Lipinski definition) is 3. The summed E-state index contributed by atoms with van der Waals surface area (Å²) in [6.07, 6.45) is 3.51. The predicted molar refractivity (Wildman–Crippen MR) is 92.0 cm³/mol. The van der Waals surface area contributed by atoms with E-state index in [1.807, 2.05) is 37.3 Å². The van der Waals surface area contributed by atoms with Crippen molar-refractivity contribution in [2.24, 2.45) is 5.92 Å². The maximum Gasteiger partial charge on any atom is 0.241 e. The quantitative estimate of drug-likeness (QED) is 0.814. The van der Waals surface area contributed by atoms with Crippen molar-refractivity contribution < 1.29 is 4.79 Å². The molecule has 2 N–H and O–H groups in total. The maximum atomic E-state index is 12.5. The third-order valence-electron chi connectivity index (χ3n) is 4.43. The topological polar surface area (TPSA) is 44.4 Å². The molecule has 1 saturated heterocycles. The minimum absolute atomic E-state index is 0.0879. The Bertz CT molecular complexity index is 443. The summed E-state index contributed by atoms with van der Waals surface area (Å²) in [4.78, 5) is 14.8. The molecule has 1 heterocycles. The summed E-state index contributed by atoms with van der Waals surface area (Å²) >= 11 is 0. The van der Waals surface area contributed by atoms with Crippen molar-refractivity contribution in [2.45, 2.75) is 39.2 Å². The van der Waals surface area contributed by atoms with Crippen LogP contribution < -0.4 is 10.6 Å². The molecule has 1 atom stereocenters. The lowest BCUT2D eigenvalue weighted by Crippen LogP contribution is -2.46. The van der Waals surface area contributed by atoms with Crippen LogP contribution in [0.4, 0.5) is 5.69 Å². The SMILES string of the molecule is CCCN(CC1CCNCC1)C(C)C(=O)Nc1ccccc1. The van der Waals surface area contributed by atoms with E-state index in [1.165, 1.54) is 12.8 Å². The number of amides is 1. The summed E-state index contributed by atoms with van der Waals surface area (Å²) in [6, 6.07) is 9.62. The van der Waals surface area contributed by atoms with Crippen LogP contribution in [0, 0.1) is 5.92 Å². The first-order chi connectivity index (χ1) is 10.7. The molecule has 0 aliphatic carbocycles. The molecular formula is C18H29N3O. The predicted octanol–water partition coefficient (Wildman–Crippen LogP) is 2.73. The molecule has 0 aromatic heterocycles. The second kappa shape index (κ2) is 8.91. The molecule has 1 amide bonds. The molecule has 1 aliphatic rings. The molecule has 4 nitrogen and oxygen atoms in total. The standard InChI is InChI=1S/C18H29N3O/c1-3-13-21(14-16-9-11-19-12-10-16)15(2)18(22)20-17-7-5-4-6-8-17/h4-8,15-16,19H,3,9-14H2,1-2H3,(H,20,22). The largest absolute Gasteiger partial charge is 0.325 e. The first-order valence-corrected chi connectivity index (χ1v) is 8.51. The Kier molecular flexibility index (Phi) is 6.87. The molecule has 1 fully saturated rings. The molecule has 0 saturated carbocycles. The van der Waals surface area contributed by atoms with Gasteiger partial charge in [-0.05, 0) is 63.9 Å². The molecule has 122 valence electrons. The van der Waals surface area contributed by atoms with E-state index in [4.69, 9.17) is 0 Å². The van der Waals surface area contributed by atoms with Gasteiger partial charge in [-0.2, -0.15) is 0 Å². The van der Waals surface area contributed by atoms with Crippen LogP contribution in [0.15, 0.2) is 30.3 Å². The zero-order chi connectivity index (χ0) is 15.8. The fourth-order valence-electron chi connectivity index (χ4n) is 3.06. The number of nitrogens with one attached hydrogen (secondary N) is 2. The number of piperidine rings is 1. The Hall–Kier alpha value is -1.39. The van der Waals surface area contributed by atoms with Crippen LogP contribution in [0.3, 0.4) is 0 Å². The average molecular weight is 303 g/mol. The van der Waals surface area contributed by atoms with Gasteiger partial charge in [0.15, 0.2) is 0 Å². The van der Waals surface area contributed by atoms with Crippen LogP contribution >= 0.6 is 0 Å². The van der Waals surface area contributed by atoms with Gasteiger partial charge >= 0.3 is 0 Å². The minimum atomic E-state index is -0.0879. The third kappa shape index (κ3) is 5.11. The van der Waals surface area contributed by atoms with Gasteiger partial charge < -0.3 is 10.6 Å². The lowest BCUT2D eigenvalue weighted by molar-refractivity contribution is -0.121. The first kappa shape index (κ1) is 17.0. The Labute approximate surface area is 134 Å². The van der Waals surface area contributed by atoms with Crippen LogP contribution in [-0.4, -0.2) is 43.0 Å². The van der Waals surface area contributed by atoms with Gasteiger partial charge in [0.25, 0.3) is 0 Å². The zero-order valence-corrected chi connectivity index (χ0v) is 13.8. The van der Waals surface area contributed by atoms with Crippen molar-refractivity contribution in [1.29, 1.82) is 0 Å². The summed E-state index contributed by atoms with van der Waals surface area (Å²) in [6.45, 7) is 8.42. The molecule has 1 unspecified atom stereocenters. The Morgan fingerprint density at radius 1 is 1.32 bits per heavy atom. The van der Waals surface area contributed by atoms with Crippen LogP contribution in [0.25, 0.3) is 0 Å². The van der Waals surface area contributed by atoms with E-state index in [0.29, 0.717) is 5.92 Å². The van der Waals surface area contributed by atoms with Gasteiger partial charge in [-0.25, -0.2) is 0 Å². The molecule has 0 bridgehead atoms. The smallest absolute Gasteiger partial charge is 0.241 e. The lowest BCUT2D eigenvalue weighted by atomic mass is 9.97. The van der Waals surface area contributed by atoms with E-state index in [2.05, 4.69) is 22.5 Å². The van der Waals surface area contributed by atoms with Gasteiger partial charge in [-0.15, -0.1) is 0 Å². The van der Waals surface area contributed by atoms with Gasteiger partial charge in [0.1, 0.15) is 0 Å². The third-order valence-corrected chi connectivity index (χ3v) is 4.43. The van der Waals surface area contributed by atoms with E-state index < -0.39 is 0 Å². The lowest BCUT2D eigenvalue weighted by Gasteiger charge is -2.33. The van der Waals surface area contributed by atoms with E-state index in [1.54, 1.807) is 0 Å². The molecular weight excluding hydrogens is 274 g/mol. The summed E-state index contributed by atoms with van der Waals surface area (Å²) in [5, 5.41) is 6.43. The van der Waals surface area contributed by atoms with Crippen LogP contribution in [0.2, 0.25) is 0 Å². The summed E-state index contributed by atoms with van der Waals surface area (Å²) in [5.41, 5.74) is 0.873. The summed E-state index contributed by atoms with van der Waals surface area (Å²) < 4.78 is 0. The molecule has 1 aliphatic heterocycles. The van der Waals surface area contributed by atoms with Crippen LogP contribution in [0.5, 0.6) is 0 Å². The number of nitrogens with zero attached hydrogens (tertiary/aromatic N) is 1. The van der Waals surface area contributed by atoms with E-state index >= 15 is 0 Å². The Morgan fingerprint density at radius 2 is 2.00 bits per heavy atom. The summed E-state index contributed by atoms with van der Waals surface area (Å²) in [5.74, 6) is 0.799. The highest BCUT2D eigenvalue weighted by atomic mass is 16.2. The molecule has 1 aromatic rings. The fourth-order valence-corrected chi connectivity index (χ4v) is 3.06. The van der Waals surface area contributed by atoms with Crippen LogP contribution in [-0.2, 0) is 4.79 Å². The highest BCUT2D eigenvalue weighted by molar-refractivity contribution is 5.94. The van der Waals surface area contributed by atoms with Gasteiger partial charge in [0.2, 0.25) is 5.91 Å². The summed E-state index contributed by atoms with van der Waals surface area (Å²) in [7, 11) is 0.